The molecule has 0 bridgehead atoms. The van der Waals surface area contributed by atoms with Gasteiger partial charge in [-0.25, -0.2) is 4.79 Å². The number of amides is 3. The second-order valence-electron chi connectivity index (χ2n) is 5.55. The van der Waals surface area contributed by atoms with Crippen molar-refractivity contribution < 1.29 is 9.59 Å². The van der Waals surface area contributed by atoms with Crippen molar-refractivity contribution >= 4 is 17.6 Å². The lowest BCUT2D eigenvalue weighted by atomic mass is 10.1. The van der Waals surface area contributed by atoms with Crippen molar-refractivity contribution in [1.82, 2.24) is 9.80 Å². The van der Waals surface area contributed by atoms with Crippen LogP contribution in [0.1, 0.15) is 12.5 Å². The van der Waals surface area contributed by atoms with E-state index in [-0.39, 0.29) is 17.9 Å². The van der Waals surface area contributed by atoms with Crippen LogP contribution in [0.25, 0.3) is 0 Å². The van der Waals surface area contributed by atoms with Gasteiger partial charge in [0.25, 0.3) is 0 Å². The largest absolute Gasteiger partial charge is 0.378 e. The fraction of sp³-hybridized carbons (Fsp3) is 0.467. The van der Waals surface area contributed by atoms with Gasteiger partial charge in [-0.05, 0) is 17.7 Å². The van der Waals surface area contributed by atoms with Gasteiger partial charge in [-0.1, -0.05) is 19.1 Å². The molecule has 108 valence electrons. The van der Waals surface area contributed by atoms with Gasteiger partial charge in [0.15, 0.2) is 0 Å². The average molecular weight is 275 g/mol. The third kappa shape index (κ3) is 2.76. The lowest BCUT2D eigenvalue weighted by Crippen LogP contribution is -2.54. The Morgan fingerprint density at radius 1 is 1.20 bits per heavy atom. The molecule has 0 unspecified atom stereocenters. The molecule has 20 heavy (non-hydrogen) atoms. The molecule has 1 aliphatic rings. The minimum atomic E-state index is -0.218. The molecule has 1 fully saturated rings. The molecule has 1 aromatic rings. The van der Waals surface area contributed by atoms with E-state index in [1.807, 2.05) is 50.2 Å². The third-order valence-corrected chi connectivity index (χ3v) is 3.59. The number of rotatable bonds is 3. The van der Waals surface area contributed by atoms with E-state index in [0.29, 0.717) is 13.1 Å². The van der Waals surface area contributed by atoms with E-state index >= 15 is 0 Å². The monoisotopic (exact) mass is 275 g/mol. The fourth-order valence-electron chi connectivity index (χ4n) is 2.36. The lowest BCUT2D eigenvalue weighted by Gasteiger charge is -2.35. The first kappa shape index (κ1) is 14.4. The maximum absolute atomic E-state index is 12.1. The van der Waals surface area contributed by atoms with Crippen molar-refractivity contribution in [2.45, 2.75) is 13.5 Å². The molecule has 1 heterocycles. The Balaban J connectivity index is 2.15. The summed E-state index contributed by atoms with van der Waals surface area (Å²) in [6, 6.07) is 7.66. The molecule has 0 radical (unpaired) electrons. The second kappa shape index (κ2) is 5.53. The van der Waals surface area contributed by atoms with Crippen molar-refractivity contribution in [3.8, 4) is 0 Å². The highest BCUT2D eigenvalue weighted by atomic mass is 16.2. The summed E-state index contributed by atoms with van der Waals surface area (Å²) in [4.78, 5) is 29.2. The second-order valence-corrected chi connectivity index (χ2v) is 5.55. The number of carbonyl (C=O) groups excluding carboxylic acids is 2. The van der Waals surface area contributed by atoms with Crippen LogP contribution in [0.5, 0.6) is 0 Å². The Morgan fingerprint density at radius 3 is 2.35 bits per heavy atom. The zero-order valence-corrected chi connectivity index (χ0v) is 12.5. The van der Waals surface area contributed by atoms with Crippen LogP contribution in [0.4, 0.5) is 10.5 Å². The minimum absolute atomic E-state index is 0.0928. The SMILES string of the molecule is C[C@@H]1CN(C)C(=O)N(Cc2ccc(N(C)C)cc2)C1=O. The molecule has 1 aliphatic heterocycles. The maximum Gasteiger partial charge on any atom is 0.326 e. The highest BCUT2D eigenvalue weighted by Gasteiger charge is 2.34. The Hall–Kier alpha value is -2.04. The van der Waals surface area contributed by atoms with Gasteiger partial charge in [0.05, 0.1) is 12.5 Å². The number of nitrogens with zero attached hydrogens (tertiary/aromatic N) is 3. The molecule has 5 heteroatoms. The molecule has 1 atom stereocenters. The summed E-state index contributed by atoms with van der Waals surface area (Å²) in [7, 11) is 5.68. The van der Waals surface area contributed by atoms with E-state index in [4.69, 9.17) is 0 Å². The van der Waals surface area contributed by atoms with Crippen LogP contribution in [0, 0.1) is 5.92 Å². The minimum Gasteiger partial charge on any atom is -0.378 e. The van der Waals surface area contributed by atoms with Crippen LogP contribution in [-0.2, 0) is 11.3 Å². The molecule has 0 N–H and O–H groups in total. The van der Waals surface area contributed by atoms with E-state index in [1.54, 1.807) is 11.9 Å². The topological polar surface area (TPSA) is 43.9 Å². The lowest BCUT2D eigenvalue weighted by molar-refractivity contribution is -0.135. The highest BCUT2D eigenvalue weighted by molar-refractivity contribution is 5.97. The number of hydrogen-bond acceptors (Lipinski definition) is 3. The first-order valence-corrected chi connectivity index (χ1v) is 6.73. The zero-order valence-electron chi connectivity index (χ0n) is 12.5. The predicted molar refractivity (Wildman–Crippen MR) is 78.5 cm³/mol. The number of carbonyl (C=O) groups is 2. The molecule has 2 rings (SSSR count). The molecule has 0 spiro atoms. The Labute approximate surface area is 119 Å². The summed E-state index contributed by atoms with van der Waals surface area (Å²) in [6.45, 7) is 2.68. The van der Waals surface area contributed by atoms with Gasteiger partial charge in [0.2, 0.25) is 5.91 Å². The van der Waals surface area contributed by atoms with Crippen molar-refractivity contribution in [2.75, 3.05) is 32.6 Å². The predicted octanol–water partition coefficient (Wildman–Crippen LogP) is 1.78. The van der Waals surface area contributed by atoms with E-state index < -0.39 is 0 Å². The van der Waals surface area contributed by atoms with Crippen molar-refractivity contribution in [2.24, 2.45) is 5.92 Å². The summed E-state index contributed by atoms with van der Waals surface area (Å²) in [5, 5.41) is 0. The first-order valence-electron chi connectivity index (χ1n) is 6.73. The summed E-state index contributed by atoms with van der Waals surface area (Å²) in [5.41, 5.74) is 2.05. The van der Waals surface area contributed by atoms with Gasteiger partial charge < -0.3 is 9.80 Å². The number of hydrogen-bond donors (Lipinski definition) is 0. The van der Waals surface area contributed by atoms with Crippen molar-refractivity contribution in [1.29, 1.82) is 0 Å². The van der Waals surface area contributed by atoms with Crippen LogP contribution >= 0.6 is 0 Å². The number of imide groups is 1. The Kier molecular flexibility index (Phi) is 3.97. The standard InChI is InChI=1S/C15H21N3O2/c1-11-9-17(4)15(20)18(14(11)19)10-12-5-7-13(8-6-12)16(2)3/h5-8,11H,9-10H2,1-4H3/t11-/m1/s1. The van der Waals surface area contributed by atoms with Crippen molar-refractivity contribution in [3.63, 3.8) is 0 Å². The molecule has 0 saturated carbocycles. The number of anilines is 1. The zero-order chi connectivity index (χ0) is 14.9. The first-order chi connectivity index (χ1) is 9.40. The van der Waals surface area contributed by atoms with E-state index in [0.717, 1.165) is 11.3 Å². The van der Waals surface area contributed by atoms with E-state index in [2.05, 4.69) is 0 Å². The summed E-state index contributed by atoms with van der Waals surface area (Å²) >= 11 is 0. The van der Waals surface area contributed by atoms with Crippen LogP contribution < -0.4 is 4.90 Å². The van der Waals surface area contributed by atoms with Gasteiger partial charge in [0, 0.05) is 33.4 Å². The maximum atomic E-state index is 12.1. The molecular formula is C15H21N3O2. The van der Waals surface area contributed by atoms with Crippen molar-refractivity contribution in [3.05, 3.63) is 29.8 Å². The van der Waals surface area contributed by atoms with Gasteiger partial charge in [-0.15, -0.1) is 0 Å². The smallest absolute Gasteiger partial charge is 0.326 e. The Bertz CT molecular complexity index is 490. The fourth-order valence-corrected chi connectivity index (χ4v) is 2.36. The number of urea groups is 1. The molecule has 1 aromatic carbocycles. The molecule has 1 saturated heterocycles. The number of benzene rings is 1. The normalized spacial score (nSPS) is 19.5. The average Bonchev–Trinajstić information content (AvgIpc) is 2.42. The molecule has 5 nitrogen and oxygen atoms in total. The molecular weight excluding hydrogens is 254 g/mol. The van der Waals surface area contributed by atoms with Crippen LogP contribution in [-0.4, -0.2) is 49.4 Å². The highest BCUT2D eigenvalue weighted by Crippen LogP contribution is 2.19. The van der Waals surface area contributed by atoms with Gasteiger partial charge >= 0.3 is 6.03 Å². The quantitative estimate of drug-likeness (QED) is 0.844. The summed E-state index contributed by atoms with van der Waals surface area (Å²) in [6.07, 6.45) is 0. The Morgan fingerprint density at radius 2 is 1.80 bits per heavy atom. The molecule has 0 aromatic heterocycles. The van der Waals surface area contributed by atoms with Crippen LogP contribution in [0.2, 0.25) is 0 Å². The molecule has 3 amide bonds. The summed E-state index contributed by atoms with van der Waals surface area (Å²) < 4.78 is 0. The summed E-state index contributed by atoms with van der Waals surface area (Å²) in [5.74, 6) is -0.233. The van der Waals surface area contributed by atoms with E-state index in [1.165, 1.54) is 4.90 Å². The van der Waals surface area contributed by atoms with Crippen LogP contribution in [0.15, 0.2) is 24.3 Å². The third-order valence-electron chi connectivity index (χ3n) is 3.59. The van der Waals surface area contributed by atoms with Gasteiger partial charge in [-0.3, -0.25) is 9.69 Å². The van der Waals surface area contributed by atoms with E-state index in [9.17, 15) is 9.59 Å². The van der Waals surface area contributed by atoms with Crippen LogP contribution in [0.3, 0.4) is 0 Å². The van der Waals surface area contributed by atoms with Gasteiger partial charge in [0.1, 0.15) is 0 Å². The molecule has 0 aliphatic carbocycles. The van der Waals surface area contributed by atoms with Gasteiger partial charge in [-0.2, -0.15) is 0 Å².